The number of amides is 1. The van der Waals surface area contributed by atoms with Gasteiger partial charge in [-0.15, -0.1) is 0 Å². The van der Waals surface area contributed by atoms with Crippen molar-refractivity contribution in [3.8, 4) is 0 Å². The fraction of sp³-hybridized carbons (Fsp3) is 0.375. The van der Waals surface area contributed by atoms with Gasteiger partial charge in [-0.05, 0) is 30.9 Å². The van der Waals surface area contributed by atoms with Gasteiger partial charge < -0.3 is 11.1 Å². The number of carbonyl (C=O) groups excluding carboxylic acids is 1. The molecule has 1 saturated carbocycles. The van der Waals surface area contributed by atoms with Crippen molar-refractivity contribution in [2.75, 3.05) is 5.73 Å². The lowest BCUT2D eigenvalue weighted by Crippen LogP contribution is -2.36. The van der Waals surface area contributed by atoms with E-state index in [1.165, 1.54) is 12.8 Å². The third-order valence-electron chi connectivity index (χ3n) is 4.16. The van der Waals surface area contributed by atoms with E-state index in [1.807, 2.05) is 24.3 Å². The summed E-state index contributed by atoms with van der Waals surface area (Å²) in [6.07, 6.45) is 3.43. The average Bonchev–Trinajstić information content (AvgIpc) is 2.83. The maximum Gasteiger partial charge on any atom is 0.252 e. The zero-order valence-corrected chi connectivity index (χ0v) is 11.6. The van der Waals surface area contributed by atoms with Gasteiger partial charge in [0.15, 0.2) is 0 Å². The standard InChI is InChI=1S/C16H19N3O/c1-10-5-4-8-13(10)19-16(20)12-9-15(17)18-14-7-3-2-6-11(12)14/h2-3,6-7,9-10,13H,4-5,8H2,1H3,(H2,17,18)(H,19,20). The number of para-hydroxylation sites is 1. The van der Waals surface area contributed by atoms with E-state index >= 15 is 0 Å². The summed E-state index contributed by atoms with van der Waals surface area (Å²) in [5, 5.41) is 3.99. The number of pyridine rings is 1. The summed E-state index contributed by atoms with van der Waals surface area (Å²) in [6, 6.07) is 9.54. The monoisotopic (exact) mass is 269 g/mol. The molecule has 0 spiro atoms. The van der Waals surface area contributed by atoms with E-state index in [-0.39, 0.29) is 11.9 Å². The lowest BCUT2D eigenvalue weighted by atomic mass is 10.0. The molecular formula is C16H19N3O. The number of fused-ring (bicyclic) bond motifs is 1. The highest BCUT2D eigenvalue weighted by atomic mass is 16.1. The smallest absolute Gasteiger partial charge is 0.252 e. The van der Waals surface area contributed by atoms with Crippen LogP contribution in [0.2, 0.25) is 0 Å². The molecule has 2 aromatic rings. The Morgan fingerprint density at radius 1 is 1.35 bits per heavy atom. The second kappa shape index (κ2) is 5.12. The molecule has 20 heavy (non-hydrogen) atoms. The van der Waals surface area contributed by atoms with Crippen LogP contribution in [0.15, 0.2) is 30.3 Å². The van der Waals surface area contributed by atoms with Crippen molar-refractivity contribution in [1.82, 2.24) is 10.3 Å². The number of aromatic nitrogens is 1. The second-order valence-electron chi connectivity index (χ2n) is 5.60. The maximum atomic E-state index is 12.5. The van der Waals surface area contributed by atoms with Crippen LogP contribution >= 0.6 is 0 Å². The highest BCUT2D eigenvalue weighted by Crippen LogP contribution is 2.26. The highest BCUT2D eigenvalue weighted by Gasteiger charge is 2.25. The van der Waals surface area contributed by atoms with Crippen molar-refractivity contribution in [2.24, 2.45) is 5.92 Å². The molecule has 0 bridgehead atoms. The summed E-state index contributed by atoms with van der Waals surface area (Å²) in [6.45, 7) is 2.19. The van der Waals surface area contributed by atoms with E-state index in [0.29, 0.717) is 17.3 Å². The van der Waals surface area contributed by atoms with E-state index in [2.05, 4.69) is 17.2 Å². The van der Waals surface area contributed by atoms with Crippen LogP contribution in [0, 0.1) is 5.92 Å². The topological polar surface area (TPSA) is 68.0 Å². The van der Waals surface area contributed by atoms with Gasteiger partial charge in [0.1, 0.15) is 5.82 Å². The number of rotatable bonds is 2. The van der Waals surface area contributed by atoms with Crippen LogP contribution in [0.4, 0.5) is 5.82 Å². The first-order valence-electron chi connectivity index (χ1n) is 7.11. The molecule has 3 N–H and O–H groups in total. The van der Waals surface area contributed by atoms with Gasteiger partial charge in [-0.2, -0.15) is 0 Å². The zero-order chi connectivity index (χ0) is 14.1. The number of hydrogen-bond acceptors (Lipinski definition) is 3. The third kappa shape index (κ3) is 2.33. The molecular weight excluding hydrogens is 250 g/mol. The van der Waals surface area contributed by atoms with Crippen molar-refractivity contribution in [2.45, 2.75) is 32.2 Å². The Labute approximate surface area is 118 Å². The molecule has 1 aliphatic rings. The SMILES string of the molecule is CC1CCCC1NC(=O)c1cc(N)nc2ccccc12. The van der Waals surface area contributed by atoms with Crippen molar-refractivity contribution in [3.05, 3.63) is 35.9 Å². The Hall–Kier alpha value is -2.10. The predicted molar refractivity (Wildman–Crippen MR) is 80.4 cm³/mol. The Balaban J connectivity index is 1.94. The first kappa shape index (κ1) is 12.9. The molecule has 4 nitrogen and oxygen atoms in total. The van der Waals surface area contributed by atoms with Crippen LogP contribution in [0.25, 0.3) is 10.9 Å². The third-order valence-corrected chi connectivity index (χ3v) is 4.16. The summed E-state index contributed by atoms with van der Waals surface area (Å²) in [4.78, 5) is 16.8. The molecule has 3 rings (SSSR count). The Morgan fingerprint density at radius 3 is 2.90 bits per heavy atom. The lowest BCUT2D eigenvalue weighted by molar-refractivity contribution is 0.0931. The van der Waals surface area contributed by atoms with E-state index in [1.54, 1.807) is 6.07 Å². The van der Waals surface area contributed by atoms with Crippen LogP contribution < -0.4 is 11.1 Å². The average molecular weight is 269 g/mol. The summed E-state index contributed by atoms with van der Waals surface area (Å²) >= 11 is 0. The van der Waals surface area contributed by atoms with Gasteiger partial charge in [0.2, 0.25) is 0 Å². The molecule has 4 heteroatoms. The molecule has 0 aliphatic heterocycles. The van der Waals surface area contributed by atoms with E-state index in [4.69, 9.17) is 5.73 Å². The van der Waals surface area contributed by atoms with Gasteiger partial charge >= 0.3 is 0 Å². The summed E-state index contributed by atoms with van der Waals surface area (Å²) < 4.78 is 0. The van der Waals surface area contributed by atoms with Crippen molar-refractivity contribution < 1.29 is 4.79 Å². The molecule has 1 amide bonds. The van der Waals surface area contributed by atoms with Gasteiger partial charge in [0.05, 0.1) is 11.1 Å². The number of hydrogen-bond donors (Lipinski definition) is 2. The number of benzene rings is 1. The molecule has 1 heterocycles. The zero-order valence-electron chi connectivity index (χ0n) is 11.6. The van der Waals surface area contributed by atoms with Crippen LogP contribution in [-0.2, 0) is 0 Å². The molecule has 2 atom stereocenters. The normalized spacial score (nSPS) is 22.1. The number of nitrogens with zero attached hydrogens (tertiary/aromatic N) is 1. The van der Waals surface area contributed by atoms with Crippen molar-refractivity contribution in [1.29, 1.82) is 0 Å². The molecule has 0 saturated heterocycles. The summed E-state index contributed by atoms with van der Waals surface area (Å²) in [7, 11) is 0. The predicted octanol–water partition coefficient (Wildman–Crippen LogP) is 2.74. The maximum absolute atomic E-state index is 12.5. The van der Waals surface area contributed by atoms with Gasteiger partial charge in [-0.25, -0.2) is 4.98 Å². The quantitative estimate of drug-likeness (QED) is 0.880. The Kier molecular flexibility index (Phi) is 3.30. The lowest BCUT2D eigenvalue weighted by Gasteiger charge is -2.18. The largest absolute Gasteiger partial charge is 0.384 e. The molecule has 0 radical (unpaired) electrons. The van der Waals surface area contributed by atoms with Gasteiger partial charge in [0.25, 0.3) is 5.91 Å². The van der Waals surface area contributed by atoms with Crippen LogP contribution in [0.3, 0.4) is 0 Å². The molecule has 1 fully saturated rings. The molecule has 104 valence electrons. The number of anilines is 1. The first-order chi connectivity index (χ1) is 9.65. The first-order valence-corrected chi connectivity index (χ1v) is 7.11. The van der Waals surface area contributed by atoms with Crippen molar-refractivity contribution in [3.63, 3.8) is 0 Å². The van der Waals surface area contributed by atoms with E-state index < -0.39 is 0 Å². The van der Waals surface area contributed by atoms with Crippen LogP contribution in [-0.4, -0.2) is 16.9 Å². The second-order valence-corrected chi connectivity index (χ2v) is 5.60. The summed E-state index contributed by atoms with van der Waals surface area (Å²) in [5.74, 6) is 0.881. The van der Waals surface area contributed by atoms with Crippen molar-refractivity contribution >= 4 is 22.6 Å². The highest BCUT2D eigenvalue weighted by molar-refractivity contribution is 6.07. The molecule has 1 aromatic carbocycles. The minimum Gasteiger partial charge on any atom is -0.384 e. The summed E-state index contributed by atoms with van der Waals surface area (Å²) in [5.41, 5.74) is 7.19. The Morgan fingerprint density at radius 2 is 2.15 bits per heavy atom. The fourth-order valence-electron chi connectivity index (χ4n) is 2.99. The molecule has 1 aliphatic carbocycles. The van der Waals surface area contributed by atoms with E-state index in [0.717, 1.165) is 17.3 Å². The minimum atomic E-state index is -0.0472. The molecule has 2 unspecified atom stereocenters. The minimum absolute atomic E-state index is 0.0472. The molecule has 1 aromatic heterocycles. The fourth-order valence-corrected chi connectivity index (χ4v) is 2.99. The number of nitrogens with two attached hydrogens (primary N) is 1. The van der Waals surface area contributed by atoms with Gasteiger partial charge in [0, 0.05) is 11.4 Å². The number of carbonyl (C=O) groups is 1. The van der Waals surface area contributed by atoms with Gasteiger partial charge in [-0.3, -0.25) is 4.79 Å². The van der Waals surface area contributed by atoms with Gasteiger partial charge in [-0.1, -0.05) is 31.5 Å². The Bertz CT molecular complexity index is 653. The number of nitrogens with one attached hydrogen (secondary N) is 1. The van der Waals surface area contributed by atoms with Crippen LogP contribution in [0.5, 0.6) is 0 Å². The van der Waals surface area contributed by atoms with Crippen LogP contribution in [0.1, 0.15) is 36.5 Å². The van der Waals surface area contributed by atoms with E-state index in [9.17, 15) is 4.79 Å². The number of nitrogen functional groups attached to an aromatic ring is 1.